The topological polar surface area (TPSA) is 59.1 Å². The van der Waals surface area contributed by atoms with Gasteiger partial charge >= 0.3 is 0 Å². The number of amides is 2. The minimum Gasteiger partial charge on any atom is -0.491 e. The molecule has 6 nitrogen and oxygen atoms in total. The van der Waals surface area contributed by atoms with E-state index in [1.807, 2.05) is 25.3 Å². The molecule has 0 fully saturated rings. The van der Waals surface area contributed by atoms with E-state index >= 15 is 0 Å². The lowest BCUT2D eigenvalue weighted by Crippen LogP contribution is -2.49. The second-order valence-electron chi connectivity index (χ2n) is 7.83. The normalized spacial score (nSPS) is 15.6. The fourth-order valence-electron chi connectivity index (χ4n) is 3.69. The maximum atomic E-state index is 13.5. The number of ether oxygens (including phenoxy) is 2. The molecule has 31 heavy (non-hydrogen) atoms. The van der Waals surface area contributed by atoms with E-state index in [0.717, 1.165) is 12.0 Å². The molecule has 8 heteroatoms. The Hall–Kier alpha value is -2.45. The number of carbonyl (C=O) groups is 2. The van der Waals surface area contributed by atoms with Crippen LogP contribution >= 0.6 is 11.3 Å². The maximum Gasteiger partial charge on any atom is 0.242 e. The van der Waals surface area contributed by atoms with Crippen LogP contribution in [0.3, 0.4) is 0 Å². The first-order chi connectivity index (χ1) is 14.9. The van der Waals surface area contributed by atoms with Gasteiger partial charge in [0.1, 0.15) is 18.2 Å². The summed E-state index contributed by atoms with van der Waals surface area (Å²) in [6.07, 6.45) is 0.769. The smallest absolute Gasteiger partial charge is 0.242 e. The van der Waals surface area contributed by atoms with Crippen molar-refractivity contribution in [3.8, 4) is 5.75 Å². The minimum atomic E-state index is -0.369. The third-order valence-corrected chi connectivity index (χ3v) is 6.31. The molecule has 3 rings (SSSR count). The first-order valence-corrected chi connectivity index (χ1v) is 11.3. The summed E-state index contributed by atoms with van der Waals surface area (Å²) in [6, 6.07) is 7.71. The van der Waals surface area contributed by atoms with Crippen LogP contribution in [0.15, 0.2) is 35.7 Å². The summed E-state index contributed by atoms with van der Waals surface area (Å²) in [5.41, 5.74) is 1.06. The lowest BCUT2D eigenvalue weighted by Gasteiger charge is -2.37. The van der Waals surface area contributed by atoms with Gasteiger partial charge in [-0.05, 0) is 35.6 Å². The van der Waals surface area contributed by atoms with Gasteiger partial charge in [0, 0.05) is 37.1 Å². The largest absolute Gasteiger partial charge is 0.491 e. The Morgan fingerprint density at radius 3 is 2.84 bits per heavy atom. The van der Waals surface area contributed by atoms with Crippen molar-refractivity contribution in [1.82, 2.24) is 9.80 Å². The predicted molar refractivity (Wildman–Crippen MR) is 118 cm³/mol. The zero-order valence-corrected chi connectivity index (χ0v) is 19.0. The molecular formula is C23H29FN2O4S. The molecule has 0 bridgehead atoms. The second-order valence-corrected chi connectivity index (χ2v) is 8.83. The number of hydrogen-bond donors (Lipinski definition) is 0. The van der Waals surface area contributed by atoms with E-state index in [0.29, 0.717) is 25.4 Å². The monoisotopic (exact) mass is 448 g/mol. The fraction of sp³-hybridized carbons (Fsp3) is 0.478. The molecule has 2 aromatic rings. The van der Waals surface area contributed by atoms with Crippen LogP contribution in [0.2, 0.25) is 0 Å². The predicted octanol–water partition coefficient (Wildman–Crippen LogP) is 3.52. The number of rotatable bonds is 9. The average Bonchev–Trinajstić information content (AvgIpc) is 3.23. The van der Waals surface area contributed by atoms with Crippen molar-refractivity contribution >= 4 is 23.2 Å². The van der Waals surface area contributed by atoms with Crippen molar-refractivity contribution in [2.45, 2.75) is 26.3 Å². The molecule has 1 aliphatic heterocycles. The van der Waals surface area contributed by atoms with Crippen LogP contribution in [0.4, 0.5) is 4.39 Å². The Labute approximate surface area is 186 Å². The molecule has 168 valence electrons. The number of thiophene rings is 1. The quantitative estimate of drug-likeness (QED) is 0.589. The van der Waals surface area contributed by atoms with Gasteiger partial charge in [0.05, 0.1) is 19.2 Å². The van der Waals surface area contributed by atoms with Crippen molar-refractivity contribution in [1.29, 1.82) is 0 Å². The van der Waals surface area contributed by atoms with Gasteiger partial charge < -0.3 is 19.3 Å². The van der Waals surface area contributed by atoms with Crippen LogP contribution in [0.25, 0.3) is 0 Å². The van der Waals surface area contributed by atoms with Gasteiger partial charge in [-0.2, -0.15) is 0 Å². The highest BCUT2D eigenvalue weighted by Crippen LogP contribution is 2.34. The summed E-state index contributed by atoms with van der Waals surface area (Å²) in [5, 5.41) is 2.01. The van der Waals surface area contributed by atoms with Crippen molar-refractivity contribution in [3.05, 3.63) is 52.0 Å². The summed E-state index contributed by atoms with van der Waals surface area (Å²) in [5.74, 6) is -0.361. The summed E-state index contributed by atoms with van der Waals surface area (Å²) < 4.78 is 24.5. The highest BCUT2D eigenvalue weighted by Gasteiger charge is 2.33. The summed E-state index contributed by atoms with van der Waals surface area (Å²) in [4.78, 5) is 30.4. The van der Waals surface area contributed by atoms with Crippen LogP contribution in [-0.2, 0) is 20.7 Å². The number of benzene rings is 1. The number of fused-ring (bicyclic) bond motifs is 1. The SMILES string of the molecule is COCCN(CC(=O)N1CCc2sccc2[C@H]1COc1cccc(F)c1)C(=O)C(C)C. The Balaban J connectivity index is 1.76. The van der Waals surface area contributed by atoms with Crippen LogP contribution in [0, 0.1) is 11.7 Å². The highest BCUT2D eigenvalue weighted by molar-refractivity contribution is 7.10. The van der Waals surface area contributed by atoms with Gasteiger partial charge in [0.2, 0.25) is 11.8 Å². The Bertz CT molecular complexity index is 901. The minimum absolute atomic E-state index is 0.00366. The zero-order chi connectivity index (χ0) is 22.4. The number of hydrogen-bond acceptors (Lipinski definition) is 5. The van der Waals surface area contributed by atoms with E-state index in [1.165, 1.54) is 17.0 Å². The van der Waals surface area contributed by atoms with E-state index in [9.17, 15) is 14.0 Å². The van der Waals surface area contributed by atoms with Gasteiger partial charge in [-0.25, -0.2) is 4.39 Å². The first kappa shape index (κ1) is 23.2. The lowest BCUT2D eigenvalue weighted by atomic mass is 10.0. The summed E-state index contributed by atoms with van der Waals surface area (Å²) in [7, 11) is 1.57. The molecule has 2 heterocycles. The Kier molecular flexibility index (Phi) is 8.03. The standard InChI is InChI=1S/C23H29FN2O4S/c1-16(2)23(28)25(10-11-29-3)14-22(27)26-9-7-21-19(8-12-31-21)20(26)15-30-18-6-4-5-17(24)13-18/h4-6,8,12-13,16,20H,7,9-11,14-15H2,1-3H3/t20-/m1/s1. The summed E-state index contributed by atoms with van der Waals surface area (Å²) >= 11 is 1.67. The van der Waals surface area contributed by atoms with Crippen molar-refractivity contribution < 1.29 is 23.5 Å². The van der Waals surface area contributed by atoms with Crippen molar-refractivity contribution in [3.63, 3.8) is 0 Å². The molecule has 0 unspecified atom stereocenters. The third-order valence-electron chi connectivity index (χ3n) is 5.32. The Morgan fingerprint density at radius 2 is 2.13 bits per heavy atom. The first-order valence-electron chi connectivity index (χ1n) is 10.4. The van der Waals surface area contributed by atoms with Gasteiger partial charge in [-0.15, -0.1) is 11.3 Å². The lowest BCUT2D eigenvalue weighted by molar-refractivity contribution is -0.144. The summed E-state index contributed by atoms with van der Waals surface area (Å²) in [6.45, 7) is 5.14. The average molecular weight is 449 g/mol. The molecular weight excluding hydrogens is 419 g/mol. The van der Waals surface area contributed by atoms with E-state index in [-0.39, 0.29) is 42.7 Å². The molecule has 0 spiro atoms. The third kappa shape index (κ3) is 5.83. The molecule has 0 radical (unpaired) electrons. The van der Waals surface area contributed by atoms with Crippen LogP contribution in [0.1, 0.15) is 30.3 Å². The molecule has 2 amide bonds. The Morgan fingerprint density at radius 1 is 1.32 bits per heavy atom. The molecule has 1 aliphatic rings. The molecule has 0 saturated heterocycles. The van der Waals surface area contributed by atoms with E-state index in [4.69, 9.17) is 9.47 Å². The van der Waals surface area contributed by atoms with Gasteiger partial charge in [0.15, 0.2) is 0 Å². The molecule has 0 saturated carbocycles. The number of halogens is 1. The maximum absolute atomic E-state index is 13.5. The van der Waals surface area contributed by atoms with E-state index in [2.05, 4.69) is 0 Å². The highest BCUT2D eigenvalue weighted by atomic mass is 32.1. The number of nitrogens with zero attached hydrogens (tertiary/aromatic N) is 2. The van der Waals surface area contributed by atoms with E-state index in [1.54, 1.807) is 40.4 Å². The number of carbonyl (C=O) groups excluding carboxylic acids is 2. The van der Waals surface area contributed by atoms with Crippen LogP contribution in [0.5, 0.6) is 5.75 Å². The van der Waals surface area contributed by atoms with Gasteiger partial charge in [-0.1, -0.05) is 19.9 Å². The van der Waals surface area contributed by atoms with Crippen LogP contribution < -0.4 is 4.74 Å². The van der Waals surface area contributed by atoms with Gasteiger partial charge in [0.25, 0.3) is 0 Å². The van der Waals surface area contributed by atoms with E-state index < -0.39 is 0 Å². The van der Waals surface area contributed by atoms with Crippen molar-refractivity contribution in [2.75, 3.05) is 40.0 Å². The number of methoxy groups -OCH3 is 1. The molecule has 1 atom stereocenters. The van der Waals surface area contributed by atoms with Crippen LogP contribution in [-0.4, -0.2) is 61.6 Å². The second kappa shape index (κ2) is 10.7. The molecule has 0 aliphatic carbocycles. The molecule has 1 aromatic carbocycles. The molecule has 1 aromatic heterocycles. The fourth-order valence-corrected chi connectivity index (χ4v) is 4.62. The van der Waals surface area contributed by atoms with Gasteiger partial charge in [-0.3, -0.25) is 9.59 Å². The zero-order valence-electron chi connectivity index (χ0n) is 18.2. The molecule has 0 N–H and O–H groups in total. The van der Waals surface area contributed by atoms with Crippen molar-refractivity contribution in [2.24, 2.45) is 5.92 Å².